The van der Waals surface area contributed by atoms with Gasteiger partial charge >= 0.3 is 0 Å². The molecule has 2 rings (SSSR count). The molecule has 0 unspecified atom stereocenters. The number of benzene rings is 2. The van der Waals surface area contributed by atoms with Crippen molar-refractivity contribution in [3.05, 3.63) is 47.0 Å². The molecule has 1 N–H and O–H groups in total. The average Bonchev–Trinajstić information content (AvgIpc) is 2.47. The summed E-state index contributed by atoms with van der Waals surface area (Å²) in [7, 11) is 5.19. The fourth-order valence-corrected chi connectivity index (χ4v) is 2.49. The number of rotatable bonds is 5. The van der Waals surface area contributed by atoms with E-state index in [0.29, 0.717) is 5.02 Å². The summed E-state index contributed by atoms with van der Waals surface area (Å²) in [4.78, 5) is 0. The van der Waals surface area contributed by atoms with Crippen molar-refractivity contribution < 1.29 is 9.47 Å². The molecular formula is C16H18ClNO2. The van der Waals surface area contributed by atoms with Crippen LogP contribution in [0.2, 0.25) is 5.02 Å². The van der Waals surface area contributed by atoms with Gasteiger partial charge in [-0.3, -0.25) is 0 Å². The molecule has 0 aliphatic carbocycles. The fraction of sp³-hybridized carbons (Fsp3) is 0.250. The molecule has 0 atom stereocenters. The first-order valence-corrected chi connectivity index (χ1v) is 6.73. The maximum absolute atomic E-state index is 6.42. The van der Waals surface area contributed by atoms with Gasteiger partial charge in [-0.2, -0.15) is 0 Å². The molecule has 0 amide bonds. The molecule has 0 fully saturated rings. The van der Waals surface area contributed by atoms with Crippen molar-refractivity contribution in [1.29, 1.82) is 0 Å². The lowest BCUT2D eigenvalue weighted by molar-refractivity contribution is 0.397. The van der Waals surface area contributed by atoms with E-state index in [-0.39, 0.29) is 0 Å². The number of hydrogen-bond acceptors (Lipinski definition) is 3. The summed E-state index contributed by atoms with van der Waals surface area (Å²) in [6, 6.07) is 11.7. The fourth-order valence-electron chi connectivity index (χ4n) is 2.19. The lowest BCUT2D eigenvalue weighted by Crippen LogP contribution is -2.04. The van der Waals surface area contributed by atoms with Crippen molar-refractivity contribution in [2.45, 2.75) is 6.54 Å². The second-order valence-electron chi connectivity index (χ2n) is 4.38. The SMILES string of the molecule is CNCc1ccc(-c2c(OC)cccc2OC)c(Cl)c1. The van der Waals surface area contributed by atoms with Gasteiger partial charge in [0.05, 0.1) is 19.8 Å². The third kappa shape index (κ3) is 2.89. The Labute approximate surface area is 124 Å². The zero-order valence-electron chi connectivity index (χ0n) is 11.9. The van der Waals surface area contributed by atoms with Crippen LogP contribution in [-0.4, -0.2) is 21.3 Å². The van der Waals surface area contributed by atoms with Gasteiger partial charge in [-0.05, 0) is 30.8 Å². The minimum Gasteiger partial charge on any atom is -0.496 e. The summed E-state index contributed by atoms with van der Waals surface area (Å²) in [5, 5.41) is 3.79. The maximum atomic E-state index is 6.42. The van der Waals surface area contributed by atoms with Crippen molar-refractivity contribution in [1.82, 2.24) is 5.32 Å². The predicted octanol–water partition coefficient (Wildman–Crippen LogP) is 3.74. The molecule has 0 radical (unpaired) electrons. The van der Waals surface area contributed by atoms with E-state index in [1.807, 2.05) is 43.4 Å². The molecule has 2 aromatic rings. The van der Waals surface area contributed by atoms with Crippen LogP contribution in [0.3, 0.4) is 0 Å². The average molecular weight is 292 g/mol. The molecule has 0 saturated carbocycles. The van der Waals surface area contributed by atoms with E-state index in [0.717, 1.165) is 34.7 Å². The highest BCUT2D eigenvalue weighted by molar-refractivity contribution is 6.33. The van der Waals surface area contributed by atoms with Gasteiger partial charge in [0.2, 0.25) is 0 Å². The maximum Gasteiger partial charge on any atom is 0.130 e. The summed E-state index contributed by atoms with van der Waals surface area (Å²) >= 11 is 6.42. The van der Waals surface area contributed by atoms with Crippen molar-refractivity contribution in [2.75, 3.05) is 21.3 Å². The molecule has 0 heterocycles. The molecule has 0 aliphatic heterocycles. The Bertz CT molecular complexity index is 577. The Kier molecular flexibility index (Phi) is 4.88. The summed E-state index contributed by atoms with van der Waals surface area (Å²) in [6.45, 7) is 0.781. The van der Waals surface area contributed by atoms with Crippen LogP contribution in [0.4, 0.5) is 0 Å². The smallest absolute Gasteiger partial charge is 0.130 e. The Morgan fingerprint density at radius 1 is 1.05 bits per heavy atom. The number of nitrogens with one attached hydrogen (secondary N) is 1. The Balaban J connectivity index is 2.56. The largest absolute Gasteiger partial charge is 0.496 e. The van der Waals surface area contributed by atoms with Gasteiger partial charge in [-0.15, -0.1) is 0 Å². The second-order valence-corrected chi connectivity index (χ2v) is 4.79. The number of halogens is 1. The highest BCUT2D eigenvalue weighted by atomic mass is 35.5. The van der Waals surface area contributed by atoms with E-state index in [9.17, 15) is 0 Å². The van der Waals surface area contributed by atoms with Crippen LogP contribution in [0.5, 0.6) is 11.5 Å². The van der Waals surface area contributed by atoms with Crippen molar-refractivity contribution in [3.8, 4) is 22.6 Å². The molecule has 20 heavy (non-hydrogen) atoms. The Morgan fingerprint density at radius 3 is 2.20 bits per heavy atom. The molecule has 0 bridgehead atoms. The molecule has 0 aliphatic rings. The first-order chi connectivity index (χ1) is 9.71. The molecule has 106 valence electrons. The first-order valence-electron chi connectivity index (χ1n) is 6.35. The van der Waals surface area contributed by atoms with Gasteiger partial charge in [0.25, 0.3) is 0 Å². The van der Waals surface area contributed by atoms with Crippen LogP contribution >= 0.6 is 11.6 Å². The molecule has 0 aromatic heterocycles. The summed E-state index contributed by atoms with van der Waals surface area (Å²) in [6.07, 6.45) is 0. The van der Waals surface area contributed by atoms with E-state index in [4.69, 9.17) is 21.1 Å². The number of ether oxygens (including phenoxy) is 2. The van der Waals surface area contributed by atoms with Gasteiger partial charge in [-0.25, -0.2) is 0 Å². The van der Waals surface area contributed by atoms with Crippen LogP contribution < -0.4 is 14.8 Å². The van der Waals surface area contributed by atoms with E-state index in [1.54, 1.807) is 14.2 Å². The van der Waals surface area contributed by atoms with E-state index in [1.165, 1.54) is 0 Å². The topological polar surface area (TPSA) is 30.5 Å². The zero-order valence-corrected chi connectivity index (χ0v) is 12.6. The number of hydrogen-bond donors (Lipinski definition) is 1. The molecule has 2 aromatic carbocycles. The third-order valence-electron chi connectivity index (χ3n) is 3.11. The first kappa shape index (κ1) is 14.7. The van der Waals surface area contributed by atoms with E-state index < -0.39 is 0 Å². The van der Waals surface area contributed by atoms with Gasteiger partial charge in [0, 0.05) is 17.1 Å². The minimum atomic E-state index is 0.681. The lowest BCUT2D eigenvalue weighted by Gasteiger charge is -2.15. The van der Waals surface area contributed by atoms with Gasteiger partial charge in [0.15, 0.2) is 0 Å². The number of methoxy groups -OCH3 is 2. The predicted molar refractivity (Wildman–Crippen MR) is 82.8 cm³/mol. The van der Waals surface area contributed by atoms with Crippen molar-refractivity contribution in [2.24, 2.45) is 0 Å². The highest BCUT2D eigenvalue weighted by Crippen LogP contribution is 2.41. The molecule has 3 nitrogen and oxygen atoms in total. The minimum absolute atomic E-state index is 0.681. The third-order valence-corrected chi connectivity index (χ3v) is 3.42. The summed E-state index contributed by atoms with van der Waals surface area (Å²) in [5.41, 5.74) is 2.91. The highest BCUT2D eigenvalue weighted by Gasteiger charge is 2.15. The van der Waals surface area contributed by atoms with Crippen LogP contribution in [0.15, 0.2) is 36.4 Å². The van der Waals surface area contributed by atoms with Gasteiger partial charge < -0.3 is 14.8 Å². The standard InChI is InChI=1S/C16H18ClNO2/c1-18-10-11-7-8-12(13(17)9-11)16-14(19-2)5-4-6-15(16)20-3/h4-9,18H,10H2,1-3H3. The molecular weight excluding hydrogens is 274 g/mol. The van der Waals surface area contributed by atoms with Gasteiger partial charge in [0.1, 0.15) is 11.5 Å². The van der Waals surface area contributed by atoms with E-state index in [2.05, 4.69) is 5.32 Å². The zero-order chi connectivity index (χ0) is 14.5. The van der Waals surface area contributed by atoms with Crippen LogP contribution in [-0.2, 0) is 6.54 Å². The molecule has 0 spiro atoms. The normalized spacial score (nSPS) is 10.4. The second kappa shape index (κ2) is 6.64. The molecule has 4 heteroatoms. The van der Waals surface area contributed by atoms with Crippen molar-refractivity contribution >= 4 is 11.6 Å². The summed E-state index contributed by atoms with van der Waals surface area (Å²) in [5.74, 6) is 1.49. The monoisotopic (exact) mass is 291 g/mol. The summed E-state index contributed by atoms with van der Waals surface area (Å²) < 4.78 is 10.8. The van der Waals surface area contributed by atoms with Gasteiger partial charge in [-0.1, -0.05) is 29.8 Å². The molecule has 0 saturated heterocycles. The Morgan fingerprint density at radius 2 is 1.70 bits per heavy atom. The van der Waals surface area contributed by atoms with Crippen LogP contribution in [0.25, 0.3) is 11.1 Å². The van der Waals surface area contributed by atoms with Crippen LogP contribution in [0.1, 0.15) is 5.56 Å². The quantitative estimate of drug-likeness (QED) is 0.910. The van der Waals surface area contributed by atoms with Crippen LogP contribution in [0, 0.1) is 0 Å². The lowest BCUT2D eigenvalue weighted by atomic mass is 10.0. The Hall–Kier alpha value is -1.71. The van der Waals surface area contributed by atoms with E-state index >= 15 is 0 Å². The van der Waals surface area contributed by atoms with Crippen molar-refractivity contribution in [3.63, 3.8) is 0 Å².